The van der Waals surface area contributed by atoms with Gasteiger partial charge in [0.25, 0.3) is 0 Å². The summed E-state index contributed by atoms with van der Waals surface area (Å²) in [4.78, 5) is 0. The topological polar surface area (TPSA) is 18.5 Å². The summed E-state index contributed by atoms with van der Waals surface area (Å²) in [5, 5.41) is 6.76. The molecule has 6 aromatic rings. The van der Waals surface area contributed by atoms with E-state index in [0.717, 1.165) is 43.0 Å². The highest BCUT2D eigenvalue weighted by Gasteiger charge is 2.40. The van der Waals surface area contributed by atoms with Gasteiger partial charge in [0, 0.05) is 0 Å². The lowest BCUT2D eigenvalue weighted by molar-refractivity contribution is 0.575. The summed E-state index contributed by atoms with van der Waals surface area (Å²) in [6.07, 6.45) is 0. The molecule has 0 spiro atoms. The summed E-state index contributed by atoms with van der Waals surface area (Å²) in [6, 6.07) is 54.3. The molecule has 0 atom stereocenters. The number of hydrogen-bond donors (Lipinski definition) is 0. The van der Waals surface area contributed by atoms with E-state index in [1.54, 1.807) is 0 Å². The first-order valence-corrected chi connectivity index (χ1v) is 18.1. The molecule has 0 amide bonds. The van der Waals surface area contributed by atoms with Gasteiger partial charge in [-0.25, -0.2) is 0 Å². The van der Waals surface area contributed by atoms with Crippen LogP contribution in [-0.4, -0.2) is 16.6 Å². The van der Waals surface area contributed by atoms with Crippen LogP contribution in [0.4, 0.5) is 0 Å². The van der Waals surface area contributed by atoms with E-state index in [1.807, 2.05) is 35.7 Å². The molecule has 0 radical (unpaired) electrons. The summed E-state index contributed by atoms with van der Waals surface area (Å²) < 4.78 is 14.0. The summed E-state index contributed by atoms with van der Waals surface area (Å²) >= 11 is 0. The molecule has 204 valence electrons. The zero-order valence-corrected chi connectivity index (χ0v) is 25.4. The van der Waals surface area contributed by atoms with Crippen molar-refractivity contribution < 1.29 is 8.85 Å². The first-order chi connectivity index (χ1) is 20.7. The van der Waals surface area contributed by atoms with E-state index in [9.17, 15) is 0 Å². The standard InChI is InChI=1S/C38H32O2Si2/c1-3-41(35-17-9-5-10-18-35,36-19-11-6-12-20-36)39-33-27-25-31-26-28-34(30-32(31)29-33)40-42(4-2,37-21-13-7-14-22-37)38-23-15-8-16-24-38/h3-30H,1-2H2. The molecule has 0 aliphatic carbocycles. The molecule has 0 saturated heterocycles. The third-order valence-electron chi connectivity index (χ3n) is 7.73. The maximum atomic E-state index is 7.00. The van der Waals surface area contributed by atoms with Gasteiger partial charge >= 0.3 is 16.6 Å². The predicted octanol–water partition coefficient (Wildman–Crippen LogP) is 6.57. The number of benzene rings is 6. The zero-order valence-electron chi connectivity index (χ0n) is 23.4. The van der Waals surface area contributed by atoms with E-state index in [2.05, 4.69) is 147 Å². The fourth-order valence-electron chi connectivity index (χ4n) is 5.57. The third-order valence-corrected chi connectivity index (χ3v) is 14.8. The van der Waals surface area contributed by atoms with Crippen LogP contribution in [0.15, 0.2) is 182 Å². The van der Waals surface area contributed by atoms with E-state index >= 15 is 0 Å². The van der Waals surface area contributed by atoms with Gasteiger partial charge in [-0.1, -0.05) is 145 Å². The molecule has 4 heteroatoms. The second kappa shape index (κ2) is 11.9. The molecular weight excluding hydrogens is 545 g/mol. The minimum absolute atomic E-state index is 0.803. The quantitative estimate of drug-likeness (QED) is 0.172. The minimum Gasteiger partial charge on any atom is -0.531 e. The van der Waals surface area contributed by atoms with Crippen LogP contribution in [0.2, 0.25) is 0 Å². The number of hydrogen-bond acceptors (Lipinski definition) is 2. The largest absolute Gasteiger partial charge is 0.531 e. The second-order valence-electron chi connectivity index (χ2n) is 10.2. The van der Waals surface area contributed by atoms with E-state index in [4.69, 9.17) is 8.85 Å². The molecule has 0 N–H and O–H groups in total. The average molecular weight is 577 g/mol. The first-order valence-electron chi connectivity index (χ1n) is 14.1. The Morgan fingerprint density at radius 1 is 0.381 bits per heavy atom. The molecule has 0 heterocycles. The molecule has 0 bridgehead atoms. The van der Waals surface area contributed by atoms with Crippen molar-refractivity contribution in [2.45, 2.75) is 0 Å². The molecule has 6 rings (SSSR count). The Balaban J connectivity index is 1.41. The molecule has 0 fully saturated rings. The Labute approximate surface area is 250 Å². The monoisotopic (exact) mass is 576 g/mol. The Bertz CT molecular complexity index is 1590. The predicted molar refractivity (Wildman–Crippen MR) is 181 cm³/mol. The number of fused-ring (bicyclic) bond motifs is 1. The van der Waals surface area contributed by atoms with Crippen molar-refractivity contribution in [1.29, 1.82) is 0 Å². The van der Waals surface area contributed by atoms with Gasteiger partial charge in [0.2, 0.25) is 0 Å². The van der Waals surface area contributed by atoms with Crippen molar-refractivity contribution in [2.24, 2.45) is 0 Å². The van der Waals surface area contributed by atoms with Crippen molar-refractivity contribution in [3.05, 3.63) is 182 Å². The van der Waals surface area contributed by atoms with Gasteiger partial charge < -0.3 is 8.85 Å². The van der Waals surface area contributed by atoms with Crippen molar-refractivity contribution in [3.8, 4) is 11.5 Å². The maximum Gasteiger partial charge on any atom is 0.339 e. The lowest BCUT2D eigenvalue weighted by Crippen LogP contribution is -2.62. The van der Waals surface area contributed by atoms with E-state index in [0.29, 0.717) is 0 Å². The van der Waals surface area contributed by atoms with Crippen molar-refractivity contribution in [3.63, 3.8) is 0 Å². The fourth-order valence-corrected chi connectivity index (χ4v) is 11.6. The van der Waals surface area contributed by atoms with Gasteiger partial charge in [-0.05, 0) is 55.8 Å². The summed E-state index contributed by atoms with van der Waals surface area (Å²) in [5.41, 5.74) is 4.04. The first kappa shape index (κ1) is 27.3. The Kier molecular flexibility index (Phi) is 7.73. The molecule has 0 unspecified atom stereocenters. The van der Waals surface area contributed by atoms with Gasteiger partial charge in [-0.3, -0.25) is 0 Å². The highest BCUT2D eigenvalue weighted by molar-refractivity contribution is 7.02. The molecule has 0 aromatic heterocycles. The average Bonchev–Trinajstić information content (AvgIpc) is 3.07. The number of rotatable bonds is 10. The second-order valence-corrected chi connectivity index (χ2v) is 16.7. The highest BCUT2D eigenvalue weighted by atomic mass is 28.4. The van der Waals surface area contributed by atoms with E-state index in [-0.39, 0.29) is 0 Å². The fraction of sp³-hybridized carbons (Fsp3) is 0. The Hall–Kier alpha value is -4.91. The highest BCUT2D eigenvalue weighted by Crippen LogP contribution is 2.28. The minimum atomic E-state index is -2.77. The van der Waals surface area contributed by atoms with Crippen LogP contribution >= 0.6 is 0 Å². The Morgan fingerprint density at radius 3 is 0.976 bits per heavy atom. The van der Waals surface area contributed by atoms with Crippen LogP contribution in [0.1, 0.15) is 0 Å². The zero-order chi connectivity index (χ0) is 28.8. The lowest BCUT2D eigenvalue weighted by atomic mass is 10.1. The third kappa shape index (κ3) is 5.14. The van der Waals surface area contributed by atoms with E-state index in [1.165, 1.54) is 0 Å². The summed E-state index contributed by atoms with van der Waals surface area (Å²) in [5.74, 6) is 1.61. The smallest absolute Gasteiger partial charge is 0.339 e. The van der Waals surface area contributed by atoms with Crippen LogP contribution in [0.3, 0.4) is 0 Å². The van der Waals surface area contributed by atoms with Gasteiger partial charge in [-0.2, -0.15) is 0 Å². The van der Waals surface area contributed by atoms with Crippen molar-refractivity contribution in [2.75, 3.05) is 0 Å². The SMILES string of the molecule is C=C[Si](Oc1ccc2ccc(O[Si](C=C)(c3ccccc3)c3ccccc3)cc2c1)(c1ccccc1)c1ccccc1. The van der Waals surface area contributed by atoms with Crippen LogP contribution in [-0.2, 0) is 0 Å². The molecule has 2 nitrogen and oxygen atoms in total. The normalized spacial score (nSPS) is 11.5. The lowest BCUT2D eigenvalue weighted by Gasteiger charge is -2.30. The Morgan fingerprint density at radius 2 is 0.690 bits per heavy atom. The van der Waals surface area contributed by atoms with Crippen LogP contribution < -0.4 is 29.6 Å². The van der Waals surface area contributed by atoms with Gasteiger partial charge in [0.05, 0.1) is 0 Å². The van der Waals surface area contributed by atoms with Crippen LogP contribution in [0.5, 0.6) is 11.5 Å². The maximum absolute atomic E-state index is 7.00. The molecule has 6 aromatic carbocycles. The van der Waals surface area contributed by atoms with Crippen molar-refractivity contribution in [1.82, 2.24) is 0 Å². The van der Waals surface area contributed by atoms with Crippen LogP contribution in [0.25, 0.3) is 10.8 Å². The van der Waals surface area contributed by atoms with Crippen LogP contribution in [0, 0.1) is 0 Å². The van der Waals surface area contributed by atoms with Crippen molar-refractivity contribution >= 4 is 48.2 Å². The summed E-state index contributed by atoms with van der Waals surface area (Å²) in [6.45, 7) is 8.56. The molecule has 0 aliphatic heterocycles. The molecule has 0 saturated carbocycles. The molecule has 0 aliphatic rings. The van der Waals surface area contributed by atoms with E-state index < -0.39 is 16.6 Å². The van der Waals surface area contributed by atoms with Gasteiger partial charge in [-0.15, -0.1) is 13.2 Å². The molecular formula is C38H32O2Si2. The van der Waals surface area contributed by atoms with Gasteiger partial charge in [0.1, 0.15) is 11.5 Å². The summed E-state index contributed by atoms with van der Waals surface area (Å²) in [7, 11) is -5.54. The molecule has 42 heavy (non-hydrogen) atoms. The van der Waals surface area contributed by atoms with Gasteiger partial charge in [0.15, 0.2) is 0 Å².